The Morgan fingerprint density at radius 3 is 2.60 bits per heavy atom. The van der Waals surface area contributed by atoms with Crippen LogP contribution in [0.5, 0.6) is 5.75 Å². The molecule has 1 aromatic carbocycles. The standard InChI is InChI=1S/C15H21N3OS/c1-11(2)16-9-12-10-20-15(17-12)18(3)13-5-7-14(19-4)8-6-13/h5-8,10-11,16H,9H2,1-4H3. The van der Waals surface area contributed by atoms with Crippen LogP contribution in [0.15, 0.2) is 29.6 Å². The lowest BCUT2D eigenvalue weighted by Gasteiger charge is -2.16. The van der Waals surface area contributed by atoms with Crippen LogP contribution in [0.2, 0.25) is 0 Å². The van der Waals surface area contributed by atoms with Gasteiger partial charge in [-0.05, 0) is 24.3 Å². The molecule has 0 aliphatic rings. The molecule has 4 nitrogen and oxygen atoms in total. The number of benzene rings is 1. The molecule has 0 saturated carbocycles. The Hall–Kier alpha value is -1.59. The zero-order chi connectivity index (χ0) is 14.5. The lowest BCUT2D eigenvalue weighted by atomic mass is 10.3. The first-order valence-electron chi connectivity index (χ1n) is 6.65. The van der Waals surface area contributed by atoms with Gasteiger partial charge in [0.05, 0.1) is 12.8 Å². The number of rotatable bonds is 6. The molecule has 0 fully saturated rings. The van der Waals surface area contributed by atoms with Crippen molar-refractivity contribution in [2.24, 2.45) is 0 Å². The van der Waals surface area contributed by atoms with Gasteiger partial charge in [0.1, 0.15) is 5.75 Å². The lowest BCUT2D eigenvalue weighted by molar-refractivity contribution is 0.415. The normalized spacial score (nSPS) is 10.8. The number of nitrogens with zero attached hydrogens (tertiary/aromatic N) is 2. The highest BCUT2D eigenvalue weighted by Crippen LogP contribution is 2.28. The van der Waals surface area contributed by atoms with Crippen LogP contribution in [-0.2, 0) is 6.54 Å². The van der Waals surface area contributed by atoms with Crippen molar-refractivity contribution in [1.29, 1.82) is 0 Å². The van der Waals surface area contributed by atoms with Gasteiger partial charge in [-0.25, -0.2) is 4.98 Å². The highest BCUT2D eigenvalue weighted by atomic mass is 32.1. The fourth-order valence-corrected chi connectivity index (χ4v) is 2.57. The van der Waals surface area contributed by atoms with Gasteiger partial charge in [0.2, 0.25) is 0 Å². The summed E-state index contributed by atoms with van der Waals surface area (Å²) in [6, 6.07) is 8.46. The van der Waals surface area contributed by atoms with Gasteiger partial charge in [-0.1, -0.05) is 13.8 Å². The van der Waals surface area contributed by atoms with E-state index < -0.39 is 0 Å². The minimum Gasteiger partial charge on any atom is -0.497 e. The summed E-state index contributed by atoms with van der Waals surface area (Å²) in [7, 11) is 3.70. The molecular weight excluding hydrogens is 270 g/mol. The van der Waals surface area contributed by atoms with Gasteiger partial charge in [-0.2, -0.15) is 0 Å². The summed E-state index contributed by atoms with van der Waals surface area (Å²) in [5.74, 6) is 0.864. The van der Waals surface area contributed by atoms with E-state index >= 15 is 0 Å². The molecule has 0 spiro atoms. The van der Waals surface area contributed by atoms with Gasteiger partial charge >= 0.3 is 0 Å². The number of ether oxygens (including phenoxy) is 1. The Labute approximate surface area is 124 Å². The molecule has 108 valence electrons. The van der Waals surface area contributed by atoms with E-state index in [0.29, 0.717) is 6.04 Å². The average molecular weight is 291 g/mol. The Bertz CT molecular complexity index is 536. The molecule has 0 saturated heterocycles. The van der Waals surface area contributed by atoms with Crippen molar-refractivity contribution in [2.45, 2.75) is 26.4 Å². The molecule has 0 amide bonds. The number of aromatic nitrogens is 1. The maximum atomic E-state index is 5.17. The van der Waals surface area contributed by atoms with Gasteiger partial charge in [-0.15, -0.1) is 11.3 Å². The van der Waals surface area contributed by atoms with Gasteiger partial charge in [-0.3, -0.25) is 0 Å². The fraction of sp³-hybridized carbons (Fsp3) is 0.400. The van der Waals surface area contributed by atoms with Crippen molar-refractivity contribution in [2.75, 3.05) is 19.1 Å². The number of hydrogen-bond donors (Lipinski definition) is 1. The third kappa shape index (κ3) is 3.71. The first-order valence-corrected chi connectivity index (χ1v) is 7.53. The van der Waals surface area contributed by atoms with E-state index in [2.05, 4.69) is 34.4 Å². The number of nitrogens with one attached hydrogen (secondary N) is 1. The van der Waals surface area contributed by atoms with Crippen molar-refractivity contribution in [3.63, 3.8) is 0 Å². The summed E-state index contributed by atoms with van der Waals surface area (Å²) in [6.45, 7) is 5.08. The van der Waals surface area contributed by atoms with E-state index in [1.807, 2.05) is 31.3 Å². The minimum atomic E-state index is 0.472. The van der Waals surface area contributed by atoms with Crippen LogP contribution >= 0.6 is 11.3 Å². The monoisotopic (exact) mass is 291 g/mol. The van der Waals surface area contributed by atoms with Gasteiger partial charge in [0.25, 0.3) is 0 Å². The first kappa shape index (κ1) is 14.8. The van der Waals surface area contributed by atoms with Crippen LogP contribution in [-0.4, -0.2) is 25.2 Å². The van der Waals surface area contributed by atoms with Crippen molar-refractivity contribution in [3.05, 3.63) is 35.3 Å². The van der Waals surface area contributed by atoms with E-state index in [9.17, 15) is 0 Å². The summed E-state index contributed by atoms with van der Waals surface area (Å²) in [5.41, 5.74) is 2.18. The van der Waals surface area contributed by atoms with Gasteiger partial charge in [0, 0.05) is 30.7 Å². The SMILES string of the molecule is COc1ccc(N(C)c2nc(CNC(C)C)cs2)cc1. The summed E-state index contributed by atoms with van der Waals surface area (Å²) >= 11 is 1.66. The second-order valence-electron chi connectivity index (χ2n) is 4.91. The van der Waals surface area contributed by atoms with Crippen LogP contribution in [0, 0.1) is 0 Å². The Morgan fingerprint density at radius 1 is 1.30 bits per heavy atom. The molecule has 0 atom stereocenters. The van der Waals surface area contributed by atoms with Crippen molar-refractivity contribution < 1.29 is 4.74 Å². The maximum Gasteiger partial charge on any atom is 0.189 e. The molecule has 1 heterocycles. The van der Waals surface area contributed by atoms with Crippen LogP contribution in [0.25, 0.3) is 0 Å². The maximum absolute atomic E-state index is 5.17. The van der Waals surface area contributed by atoms with Gasteiger partial charge in [0.15, 0.2) is 5.13 Å². The van der Waals surface area contributed by atoms with Crippen LogP contribution < -0.4 is 15.0 Å². The van der Waals surface area contributed by atoms with E-state index in [4.69, 9.17) is 4.74 Å². The Balaban J connectivity index is 2.06. The molecule has 1 aromatic heterocycles. The van der Waals surface area contributed by atoms with Crippen LogP contribution in [0.4, 0.5) is 10.8 Å². The number of anilines is 2. The fourth-order valence-electron chi connectivity index (χ4n) is 1.76. The second-order valence-corrected chi connectivity index (χ2v) is 5.75. The van der Waals surface area contributed by atoms with Crippen LogP contribution in [0.1, 0.15) is 19.5 Å². The number of methoxy groups -OCH3 is 1. The smallest absolute Gasteiger partial charge is 0.189 e. The highest BCUT2D eigenvalue weighted by molar-refractivity contribution is 7.13. The van der Waals surface area contributed by atoms with E-state index in [1.54, 1.807) is 18.4 Å². The van der Waals surface area contributed by atoms with E-state index in [0.717, 1.165) is 28.8 Å². The van der Waals surface area contributed by atoms with Gasteiger partial charge < -0.3 is 15.0 Å². The predicted octanol–water partition coefficient (Wildman–Crippen LogP) is 3.42. The third-order valence-corrected chi connectivity index (χ3v) is 3.94. The zero-order valence-corrected chi connectivity index (χ0v) is 13.2. The molecule has 1 N–H and O–H groups in total. The molecule has 0 radical (unpaired) electrons. The van der Waals surface area contributed by atoms with Crippen LogP contribution in [0.3, 0.4) is 0 Å². The van der Waals surface area contributed by atoms with Crippen molar-refractivity contribution in [3.8, 4) is 5.75 Å². The second kappa shape index (κ2) is 6.72. The summed E-state index contributed by atoms with van der Waals surface area (Å²) in [4.78, 5) is 6.74. The average Bonchev–Trinajstić information content (AvgIpc) is 2.93. The largest absolute Gasteiger partial charge is 0.497 e. The summed E-state index contributed by atoms with van der Waals surface area (Å²) < 4.78 is 5.17. The molecule has 2 rings (SSSR count). The van der Waals surface area contributed by atoms with Crippen molar-refractivity contribution in [1.82, 2.24) is 10.3 Å². The third-order valence-electron chi connectivity index (χ3n) is 2.98. The molecule has 5 heteroatoms. The summed E-state index contributed by atoms with van der Waals surface area (Å²) in [5, 5.41) is 6.48. The molecule has 2 aromatic rings. The highest BCUT2D eigenvalue weighted by Gasteiger charge is 2.09. The molecule has 20 heavy (non-hydrogen) atoms. The van der Waals surface area contributed by atoms with E-state index in [-0.39, 0.29) is 0 Å². The zero-order valence-electron chi connectivity index (χ0n) is 12.4. The molecule has 0 unspecified atom stereocenters. The number of hydrogen-bond acceptors (Lipinski definition) is 5. The topological polar surface area (TPSA) is 37.4 Å². The molecule has 0 aliphatic heterocycles. The van der Waals surface area contributed by atoms with E-state index in [1.165, 1.54) is 0 Å². The number of thiazole rings is 1. The first-order chi connectivity index (χ1) is 9.60. The minimum absolute atomic E-state index is 0.472. The quantitative estimate of drug-likeness (QED) is 0.885. The summed E-state index contributed by atoms with van der Waals surface area (Å²) in [6.07, 6.45) is 0. The lowest BCUT2D eigenvalue weighted by Crippen LogP contribution is -2.22. The Morgan fingerprint density at radius 2 is 2.00 bits per heavy atom. The Kier molecular flexibility index (Phi) is 4.98. The molecule has 0 aliphatic carbocycles. The molecular formula is C15H21N3OS. The van der Waals surface area contributed by atoms with Crippen molar-refractivity contribution >= 4 is 22.2 Å². The molecule has 0 bridgehead atoms. The predicted molar refractivity (Wildman–Crippen MR) is 85.1 cm³/mol.